The van der Waals surface area contributed by atoms with Crippen LogP contribution in [0.1, 0.15) is 31.1 Å². The number of allylic oxidation sites excluding steroid dienone is 1. The lowest BCUT2D eigenvalue weighted by atomic mass is 10.2. The van der Waals surface area contributed by atoms with Gasteiger partial charge in [0.05, 0.1) is 6.54 Å². The number of nitrogens with zero attached hydrogens (tertiary/aromatic N) is 3. The Morgan fingerprint density at radius 1 is 1.43 bits per heavy atom. The molecule has 0 fully saturated rings. The summed E-state index contributed by atoms with van der Waals surface area (Å²) in [4.78, 5) is 16.2. The summed E-state index contributed by atoms with van der Waals surface area (Å²) in [5.41, 5.74) is 1.77. The van der Waals surface area contributed by atoms with E-state index in [0.717, 1.165) is 0 Å². The first-order valence-electron chi connectivity index (χ1n) is 7.54. The smallest absolute Gasteiger partial charge is 0.251 e. The molecule has 1 aromatic heterocycles. The van der Waals surface area contributed by atoms with Crippen molar-refractivity contribution in [3.05, 3.63) is 54.1 Å². The van der Waals surface area contributed by atoms with Gasteiger partial charge in [0.25, 0.3) is 5.91 Å². The van der Waals surface area contributed by atoms with Gasteiger partial charge in [-0.3, -0.25) is 9.48 Å². The standard InChI is InChI=1S/C17H22N4O2/c1-13(2)7-8-23-16-6-4-5-15(9-16)17(22)20-14(3)10-21-12-18-11-19-21/h4-7,9,11-12,14H,8,10H2,1-3H3,(H,20,22)/t14-/m1/s1. The van der Waals surface area contributed by atoms with Crippen LogP contribution < -0.4 is 10.1 Å². The molecule has 0 spiro atoms. The number of benzene rings is 1. The molecular formula is C17H22N4O2. The number of aromatic nitrogens is 3. The lowest BCUT2D eigenvalue weighted by Crippen LogP contribution is -2.35. The van der Waals surface area contributed by atoms with Gasteiger partial charge in [0.2, 0.25) is 0 Å². The Balaban J connectivity index is 1.92. The molecule has 6 heteroatoms. The first-order valence-corrected chi connectivity index (χ1v) is 7.54. The molecule has 0 aliphatic carbocycles. The SMILES string of the molecule is CC(C)=CCOc1cccc(C(=O)N[C@H](C)Cn2cncn2)c1. The van der Waals surface area contributed by atoms with Crippen molar-refractivity contribution in [1.82, 2.24) is 20.1 Å². The number of ether oxygens (including phenoxy) is 1. The molecule has 0 aliphatic heterocycles. The highest BCUT2D eigenvalue weighted by molar-refractivity contribution is 5.94. The summed E-state index contributed by atoms with van der Waals surface area (Å²) in [6.45, 7) is 7.03. The van der Waals surface area contributed by atoms with E-state index in [4.69, 9.17) is 4.74 Å². The molecule has 1 heterocycles. The summed E-state index contributed by atoms with van der Waals surface area (Å²) in [6, 6.07) is 7.12. The number of hydrogen-bond acceptors (Lipinski definition) is 4. The molecule has 0 aliphatic rings. The van der Waals surface area contributed by atoms with Gasteiger partial charge in [0, 0.05) is 11.6 Å². The second-order valence-electron chi connectivity index (χ2n) is 5.61. The Labute approximate surface area is 136 Å². The fraction of sp³-hybridized carbons (Fsp3) is 0.353. The van der Waals surface area contributed by atoms with Gasteiger partial charge in [0.15, 0.2) is 0 Å². The van der Waals surface area contributed by atoms with Crippen molar-refractivity contribution in [2.24, 2.45) is 0 Å². The lowest BCUT2D eigenvalue weighted by Gasteiger charge is -2.14. The van der Waals surface area contributed by atoms with Crippen LogP contribution in [0.4, 0.5) is 0 Å². The van der Waals surface area contributed by atoms with Gasteiger partial charge in [-0.1, -0.05) is 11.6 Å². The van der Waals surface area contributed by atoms with Crippen molar-refractivity contribution in [1.29, 1.82) is 0 Å². The predicted molar refractivity (Wildman–Crippen MR) is 88.3 cm³/mol. The highest BCUT2D eigenvalue weighted by Gasteiger charge is 2.11. The van der Waals surface area contributed by atoms with Crippen LogP contribution in [0, 0.1) is 0 Å². The molecule has 1 N–H and O–H groups in total. The number of hydrogen-bond donors (Lipinski definition) is 1. The van der Waals surface area contributed by atoms with Crippen molar-refractivity contribution in [3.8, 4) is 5.75 Å². The molecule has 0 unspecified atom stereocenters. The number of carbonyl (C=O) groups excluding carboxylic acids is 1. The second-order valence-corrected chi connectivity index (χ2v) is 5.61. The minimum absolute atomic E-state index is 0.0561. The summed E-state index contributed by atoms with van der Waals surface area (Å²) in [7, 11) is 0. The quantitative estimate of drug-likeness (QED) is 0.797. The minimum Gasteiger partial charge on any atom is -0.490 e. The minimum atomic E-state index is -0.134. The van der Waals surface area contributed by atoms with E-state index in [1.807, 2.05) is 39.0 Å². The largest absolute Gasteiger partial charge is 0.490 e. The van der Waals surface area contributed by atoms with Crippen LogP contribution in [0.15, 0.2) is 48.6 Å². The third kappa shape index (κ3) is 5.58. The lowest BCUT2D eigenvalue weighted by molar-refractivity contribution is 0.0935. The molecule has 2 rings (SSSR count). The summed E-state index contributed by atoms with van der Waals surface area (Å²) < 4.78 is 7.30. The first kappa shape index (κ1) is 16.7. The molecular weight excluding hydrogens is 292 g/mol. The predicted octanol–water partition coefficient (Wildman–Crippen LogP) is 2.44. The van der Waals surface area contributed by atoms with Gasteiger partial charge >= 0.3 is 0 Å². The zero-order chi connectivity index (χ0) is 16.7. The number of amides is 1. The van der Waals surface area contributed by atoms with E-state index in [0.29, 0.717) is 24.5 Å². The number of nitrogens with one attached hydrogen (secondary N) is 1. The van der Waals surface area contributed by atoms with Gasteiger partial charge in [-0.05, 0) is 45.0 Å². The maximum absolute atomic E-state index is 12.3. The number of carbonyl (C=O) groups is 1. The molecule has 122 valence electrons. The summed E-state index contributed by atoms with van der Waals surface area (Å²) >= 11 is 0. The maximum atomic E-state index is 12.3. The van der Waals surface area contributed by atoms with E-state index < -0.39 is 0 Å². The Hall–Kier alpha value is -2.63. The zero-order valence-corrected chi connectivity index (χ0v) is 13.7. The van der Waals surface area contributed by atoms with Crippen LogP contribution in [0.2, 0.25) is 0 Å². The van der Waals surface area contributed by atoms with E-state index in [1.54, 1.807) is 23.1 Å². The van der Waals surface area contributed by atoms with Crippen LogP contribution in [0.25, 0.3) is 0 Å². The fourth-order valence-corrected chi connectivity index (χ4v) is 1.99. The molecule has 1 atom stereocenters. The van der Waals surface area contributed by atoms with Crippen LogP contribution in [-0.2, 0) is 6.54 Å². The Morgan fingerprint density at radius 3 is 2.96 bits per heavy atom. The van der Waals surface area contributed by atoms with E-state index in [2.05, 4.69) is 15.4 Å². The van der Waals surface area contributed by atoms with E-state index in [-0.39, 0.29) is 11.9 Å². The molecule has 0 bridgehead atoms. The van der Waals surface area contributed by atoms with Crippen molar-refractivity contribution in [2.75, 3.05) is 6.61 Å². The van der Waals surface area contributed by atoms with E-state index >= 15 is 0 Å². The summed E-state index contributed by atoms with van der Waals surface area (Å²) in [5.74, 6) is 0.546. The van der Waals surface area contributed by atoms with Crippen LogP contribution in [0.3, 0.4) is 0 Å². The zero-order valence-electron chi connectivity index (χ0n) is 13.7. The van der Waals surface area contributed by atoms with Gasteiger partial charge in [-0.15, -0.1) is 0 Å². The molecule has 6 nitrogen and oxygen atoms in total. The molecule has 23 heavy (non-hydrogen) atoms. The second kappa shape index (κ2) is 8.12. The Bertz CT molecular complexity index is 661. The molecule has 1 amide bonds. The average Bonchev–Trinajstić information content (AvgIpc) is 3.00. The highest BCUT2D eigenvalue weighted by Crippen LogP contribution is 2.13. The molecule has 1 aromatic carbocycles. The molecule has 0 saturated carbocycles. The fourth-order valence-electron chi connectivity index (χ4n) is 1.99. The summed E-state index contributed by atoms with van der Waals surface area (Å²) in [5, 5.41) is 6.97. The van der Waals surface area contributed by atoms with Crippen LogP contribution in [-0.4, -0.2) is 33.3 Å². The molecule has 0 radical (unpaired) electrons. The molecule has 2 aromatic rings. The van der Waals surface area contributed by atoms with Gasteiger partial charge in [-0.2, -0.15) is 5.10 Å². The van der Waals surface area contributed by atoms with Crippen molar-refractivity contribution >= 4 is 5.91 Å². The average molecular weight is 314 g/mol. The van der Waals surface area contributed by atoms with Crippen molar-refractivity contribution in [3.63, 3.8) is 0 Å². The van der Waals surface area contributed by atoms with Crippen LogP contribution in [0.5, 0.6) is 5.75 Å². The molecule has 0 saturated heterocycles. The van der Waals surface area contributed by atoms with Gasteiger partial charge in [-0.25, -0.2) is 4.98 Å². The maximum Gasteiger partial charge on any atom is 0.251 e. The third-order valence-corrected chi connectivity index (χ3v) is 3.14. The monoisotopic (exact) mass is 314 g/mol. The van der Waals surface area contributed by atoms with E-state index in [9.17, 15) is 4.79 Å². The first-order chi connectivity index (χ1) is 11.0. The Morgan fingerprint density at radius 2 is 2.26 bits per heavy atom. The van der Waals surface area contributed by atoms with Gasteiger partial charge < -0.3 is 10.1 Å². The van der Waals surface area contributed by atoms with Crippen molar-refractivity contribution < 1.29 is 9.53 Å². The Kier molecular flexibility index (Phi) is 5.91. The third-order valence-electron chi connectivity index (χ3n) is 3.14. The van der Waals surface area contributed by atoms with E-state index in [1.165, 1.54) is 11.9 Å². The summed E-state index contributed by atoms with van der Waals surface area (Å²) in [6.07, 6.45) is 5.09. The topological polar surface area (TPSA) is 69.0 Å². The number of rotatable bonds is 7. The highest BCUT2D eigenvalue weighted by atomic mass is 16.5. The van der Waals surface area contributed by atoms with Gasteiger partial charge in [0.1, 0.15) is 25.0 Å². The normalized spacial score (nSPS) is 11.6. The van der Waals surface area contributed by atoms with Crippen LogP contribution >= 0.6 is 0 Å². The van der Waals surface area contributed by atoms with Crippen molar-refractivity contribution in [2.45, 2.75) is 33.4 Å².